The van der Waals surface area contributed by atoms with Crippen molar-refractivity contribution in [1.82, 2.24) is 10.2 Å². The van der Waals surface area contributed by atoms with Crippen LogP contribution in [0.3, 0.4) is 0 Å². The van der Waals surface area contributed by atoms with Crippen LogP contribution in [0.1, 0.15) is 6.42 Å². The molecule has 0 aliphatic rings. The number of nitriles is 1. The summed E-state index contributed by atoms with van der Waals surface area (Å²) in [5.41, 5.74) is -0.0888. The van der Waals surface area contributed by atoms with Crippen LogP contribution >= 0.6 is 0 Å². The summed E-state index contributed by atoms with van der Waals surface area (Å²) < 4.78 is 0. The van der Waals surface area contributed by atoms with E-state index in [-0.39, 0.29) is 18.5 Å². The third-order valence-corrected chi connectivity index (χ3v) is 2.07. The molecular weight excluding hydrogens is 246 g/mol. The molecule has 0 bridgehead atoms. The predicted octanol–water partition coefficient (Wildman–Crippen LogP) is 0.659. The van der Waals surface area contributed by atoms with Crippen LogP contribution in [0, 0.1) is 11.3 Å². The van der Waals surface area contributed by atoms with Crippen LogP contribution < -0.4 is 5.32 Å². The molecule has 0 aromatic heterocycles. The molecule has 1 amide bonds. The van der Waals surface area contributed by atoms with Crippen molar-refractivity contribution in [3.8, 4) is 6.07 Å². The molecule has 0 aromatic carbocycles. The van der Waals surface area contributed by atoms with Crippen LogP contribution in [0.4, 0.5) is 0 Å². The summed E-state index contributed by atoms with van der Waals surface area (Å²) in [5.74, 6) is -1.41. The first kappa shape index (κ1) is 16.4. The van der Waals surface area contributed by atoms with E-state index in [1.807, 2.05) is 0 Å². The molecule has 0 fully saturated rings. The van der Waals surface area contributed by atoms with E-state index in [1.165, 1.54) is 11.1 Å². The van der Waals surface area contributed by atoms with Gasteiger partial charge in [0, 0.05) is 25.8 Å². The van der Waals surface area contributed by atoms with Gasteiger partial charge in [-0.15, -0.1) is 13.2 Å². The largest absolute Gasteiger partial charge is 0.481 e. The van der Waals surface area contributed by atoms with Crippen molar-refractivity contribution in [2.75, 3.05) is 19.6 Å². The molecule has 0 unspecified atom stereocenters. The SMILES string of the molecule is C=CCN(CC=C)C(=O)/C(C#N)=C\NCCC(=O)O. The minimum Gasteiger partial charge on any atom is -0.481 e. The maximum atomic E-state index is 12.0. The Balaban J connectivity index is 4.63. The zero-order chi connectivity index (χ0) is 14.7. The molecule has 0 aliphatic carbocycles. The van der Waals surface area contributed by atoms with E-state index >= 15 is 0 Å². The zero-order valence-electron chi connectivity index (χ0n) is 10.6. The molecule has 19 heavy (non-hydrogen) atoms. The second-order valence-corrected chi connectivity index (χ2v) is 3.56. The average molecular weight is 263 g/mol. The van der Waals surface area contributed by atoms with Gasteiger partial charge in [-0.1, -0.05) is 12.2 Å². The Morgan fingerprint density at radius 3 is 2.32 bits per heavy atom. The number of nitrogens with zero attached hydrogens (tertiary/aromatic N) is 2. The number of carbonyl (C=O) groups is 2. The standard InChI is InChI=1S/C13H17N3O3/c1-3-7-16(8-4-2)13(19)11(9-14)10-15-6-5-12(17)18/h3-4,10,15H,1-2,5-8H2,(H,17,18)/b11-10-. The van der Waals surface area contributed by atoms with Gasteiger partial charge in [-0.25, -0.2) is 0 Å². The number of amides is 1. The van der Waals surface area contributed by atoms with Crippen LogP contribution in [-0.4, -0.2) is 41.5 Å². The van der Waals surface area contributed by atoms with Gasteiger partial charge in [0.25, 0.3) is 5.91 Å². The minimum absolute atomic E-state index is 0.0888. The number of nitrogens with one attached hydrogen (secondary N) is 1. The maximum absolute atomic E-state index is 12.0. The van der Waals surface area contributed by atoms with Crippen molar-refractivity contribution < 1.29 is 14.7 Å². The summed E-state index contributed by atoms with van der Waals surface area (Å²) >= 11 is 0. The Bertz CT molecular complexity index is 411. The topological polar surface area (TPSA) is 93.4 Å². The summed E-state index contributed by atoms with van der Waals surface area (Å²) in [6.45, 7) is 7.83. The van der Waals surface area contributed by atoms with E-state index in [2.05, 4.69) is 18.5 Å². The van der Waals surface area contributed by atoms with Gasteiger partial charge in [-0.3, -0.25) is 9.59 Å². The van der Waals surface area contributed by atoms with Gasteiger partial charge < -0.3 is 15.3 Å². The molecule has 0 heterocycles. The van der Waals surface area contributed by atoms with Crippen LogP contribution in [-0.2, 0) is 9.59 Å². The number of carboxylic acids is 1. The molecule has 0 saturated heterocycles. The molecule has 0 spiro atoms. The van der Waals surface area contributed by atoms with Gasteiger partial charge in [-0.05, 0) is 0 Å². The molecule has 0 saturated carbocycles. The smallest absolute Gasteiger partial charge is 0.305 e. The number of rotatable bonds is 9. The van der Waals surface area contributed by atoms with Crippen molar-refractivity contribution in [3.05, 3.63) is 37.1 Å². The lowest BCUT2D eigenvalue weighted by Crippen LogP contribution is -2.32. The lowest BCUT2D eigenvalue weighted by atomic mass is 10.2. The van der Waals surface area contributed by atoms with E-state index in [4.69, 9.17) is 10.4 Å². The third kappa shape index (κ3) is 6.68. The Hall–Kier alpha value is -2.55. The van der Waals surface area contributed by atoms with Gasteiger partial charge in [0.05, 0.1) is 6.42 Å². The van der Waals surface area contributed by atoms with Crippen LogP contribution in [0.15, 0.2) is 37.1 Å². The van der Waals surface area contributed by atoms with Crippen molar-refractivity contribution in [2.45, 2.75) is 6.42 Å². The fourth-order valence-corrected chi connectivity index (χ4v) is 1.22. The summed E-state index contributed by atoms with van der Waals surface area (Å²) in [4.78, 5) is 23.7. The Morgan fingerprint density at radius 1 is 1.32 bits per heavy atom. The van der Waals surface area contributed by atoms with Crippen LogP contribution in [0.25, 0.3) is 0 Å². The zero-order valence-corrected chi connectivity index (χ0v) is 10.6. The summed E-state index contributed by atoms with van der Waals surface area (Å²) in [7, 11) is 0. The van der Waals surface area contributed by atoms with E-state index in [9.17, 15) is 9.59 Å². The van der Waals surface area contributed by atoms with Gasteiger partial charge in [0.2, 0.25) is 0 Å². The van der Waals surface area contributed by atoms with Crippen LogP contribution in [0.2, 0.25) is 0 Å². The Morgan fingerprint density at radius 2 is 1.89 bits per heavy atom. The highest BCUT2D eigenvalue weighted by molar-refractivity contribution is 5.97. The second kappa shape index (κ2) is 9.48. The quantitative estimate of drug-likeness (QED) is 0.276. The summed E-state index contributed by atoms with van der Waals surface area (Å²) in [6, 6.07) is 1.78. The van der Waals surface area contributed by atoms with Gasteiger partial charge in [0.15, 0.2) is 0 Å². The number of aliphatic carboxylic acids is 1. The van der Waals surface area contributed by atoms with Gasteiger partial charge in [0.1, 0.15) is 11.6 Å². The predicted molar refractivity (Wildman–Crippen MR) is 70.9 cm³/mol. The highest BCUT2D eigenvalue weighted by Crippen LogP contribution is 2.01. The monoisotopic (exact) mass is 263 g/mol. The first-order chi connectivity index (χ1) is 9.06. The molecule has 6 nitrogen and oxygen atoms in total. The average Bonchev–Trinajstić information content (AvgIpc) is 2.37. The van der Waals surface area contributed by atoms with Gasteiger partial charge in [-0.2, -0.15) is 5.26 Å². The first-order valence-corrected chi connectivity index (χ1v) is 5.63. The first-order valence-electron chi connectivity index (χ1n) is 5.63. The molecular formula is C13H17N3O3. The lowest BCUT2D eigenvalue weighted by molar-refractivity contribution is -0.136. The highest BCUT2D eigenvalue weighted by atomic mass is 16.4. The normalized spacial score (nSPS) is 10.2. The van der Waals surface area contributed by atoms with Crippen molar-refractivity contribution in [1.29, 1.82) is 5.26 Å². The van der Waals surface area contributed by atoms with E-state index in [1.54, 1.807) is 18.2 Å². The molecule has 2 N–H and O–H groups in total. The van der Waals surface area contributed by atoms with E-state index in [0.717, 1.165) is 0 Å². The molecule has 102 valence electrons. The summed E-state index contributed by atoms with van der Waals surface area (Å²) in [6.07, 6.45) is 4.24. The van der Waals surface area contributed by atoms with E-state index in [0.29, 0.717) is 13.1 Å². The van der Waals surface area contributed by atoms with Crippen LogP contribution in [0.5, 0.6) is 0 Å². The fraction of sp³-hybridized carbons (Fsp3) is 0.308. The maximum Gasteiger partial charge on any atom is 0.305 e. The number of hydrogen-bond donors (Lipinski definition) is 2. The number of carbonyl (C=O) groups excluding carboxylic acids is 1. The minimum atomic E-state index is -0.953. The number of carboxylic acid groups (broad SMARTS) is 1. The lowest BCUT2D eigenvalue weighted by Gasteiger charge is -2.18. The van der Waals surface area contributed by atoms with Crippen molar-refractivity contribution >= 4 is 11.9 Å². The van der Waals surface area contributed by atoms with Gasteiger partial charge >= 0.3 is 5.97 Å². The molecule has 0 atom stereocenters. The number of hydrogen-bond acceptors (Lipinski definition) is 4. The van der Waals surface area contributed by atoms with Crippen molar-refractivity contribution in [2.24, 2.45) is 0 Å². The second-order valence-electron chi connectivity index (χ2n) is 3.56. The Kier molecular flexibility index (Phi) is 8.21. The third-order valence-electron chi connectivity index (χ3n) is 2.07. The Labute approximate surface area is 112 Å². The molecule has 0 radical (unpaired) electrons. The molecule has 0 aromatic rings. The highest BCUT2D eigenvalue weighted by Gasteiger charge is 2.15. The molecule has 6 heteroatoms. The van der Waals surface area contributed by atoms with Crippen molar-refractivity contribution in [3.63, 3.8) is 0 Å². The fourth-order valence-electron chi connectivity index (χ4n) is 1.22. The summed E-state index contributed by atoms with van der Waals surface area (Å²) in [5, 5.41) is 20.0. The molecule has 0 aliphatic heterocycles. The molecule has 0 rings (SSSR count). The van der Waals surface area contributed by atoms with E-state index < -0.39 is 11.9 Å².